The van der Waals surface area contributed by atoms with E-state index in [9.17, 15) is 0 Å². The molecule has 3 heteroatoms. The summed E-state index contributed by atoms with van der Waals surface area (Å²) in [6, 6.07) is 9.07. The molecule has 1 aromatic carbocycles. The van der Waals surface area contributed by atoms with Crippen LogP contribution in [0.2, 0.25) is 0 Å². The van der Waals surface area contributed by atoms with Crippen molar-refractivity contribution in [3.63, 3.8) is 0 Å². The lowest BCUT2D eigenvalue weighted by Gasteiger charge is -2.24. The number of hydrogen-bond acceptors (Lipinski definition) is 3. The van der Waals surface area contributed by atoms with Gasteiger partial charge in [-0.25, -0.2) is 0 Å². The quantitative estimate of drug-likeness (QED) is 0.772. The zero-order valence-corrected chi connectivity index (χ0v) is 11.2. The van der Waals surface area contributed by atoms with Crippen molar-refractivity contribution in [3.05, 3.63) is 35.4 Å². The summed E-state index contributed by atoms with van der Waals surface area (Å²) in [6.07, 6.45) is 1.98. The molecule has 0 aromatic heterocycles. The molecule has 0 saturated carbocycles. The molecule has 1 aromatic rings. The fourth-order valence-electron chi connectivity index (χ4n) is 2.61. The molecule has 0 spiro atoms. The second-order valence-corrected chi connectivity index (χ2v) is 5.10. The van der Waals surface area contributed by atoms with E-state index < -0.39 is 0 Å². The molecule has 18 heavy (non-hydrogen) atoms. The van der Waals surface area contributed by atoms with Gasteiger partial charge in [0.2, 0.25) is 0 Å². The Morgan fingerprint density at radius 1 is 1.28 bits per heavy atom. The van der Waals surface area contributed by atoms with E-state index in [2.05, 4.69) is 41.4 Å². The van der Waals surface area contributed by atoms with Crippen molar-refractivity contribution in [2.75, 3.05) is 19.7 Å². The summed E-state index contributed by atoms with van der Waals surface area (Å²) < 4.78 is 0. The van der Waals surface area contributed by atoms with Gasteiger partial charge in [0.1, 0.15) is 0 Å². The van der Waals surface area contributed by atoms with E-state index in [0.29, 0.717) is 6.04 Å². The average Bonchev–Trinajstić information content (AvgIpc) is 2.78. The topological polar surface area (TPSA) is 35.5 Å². The highest BCUT2D eigenvalue weighted by Crippen LogP contribution is 2.22. The van der Waals surface area contributed by atoms with Gasteiger partial charge in [0.25, 0.3) is 0 Å². The predicted molar refractivity (Wildman–Crippen MR) is 74.3 cm³/mol. The monoisotopic (exact) mass is 248 g/mol. The van der Waals surface area contributed by atoms with Gasteiger partial charge >= 0.3 is 0 Å². The van der Waals surface area contributed by atoms with Gasteiger partial charge in [-0.3, -0.25) is 4.90 Å². The molecular formula is C15H24N2O. The van der Waals surface area contributed by atoms with Crippen LogP contribution in [0.1, 0.15) is 30.9 Å². The molecule has 2 rings (SSSR count). The Morgan fingerprint density at radius 2 is 1.94 bits per heavy atom. The number of aliphatic hydroxyl groups excluding tert-OH is 1. The SMILES string of the molecule is CCCNC(CCO)CN1Cc2ccccc2C1. The summed E-state index contributed by atoms with van der Waals surface area (Å²) >= 11 is 0. The molecule has 1 aliphatic heterocycles. The predicted octanol–water partition coefficient (Wildman–Crippen LogP) is 1.75. The summed E-state index contributed by atoms with van der Waals surface area (Å²) in [7, 11) is 0. The molecule has 3 nitrogen and oxygen atoms in total. The number of rotatable bonds is 7. The Labute approximate surface area is 110 Å². The molecule has 1 unspecified atom stereocenters. The van der Waals surface area contributed by atoms with Gasteiger partial charge in [0, 0.05) is 32.3 Å². The molecule has 0 amide bonds. The van der Waals surface area contributed by atoms with Crippen molar-refractivity contribution in [2.45, 2.75) is 38.9 Å². The van der Waals surface area contributed by atoms with Crippen LogP contribution < -0.4 is 5.32 Å². The number of hydrogen-bond donors (Lipinski definition) is 2. The number of nitrogens with zero attached hydrogens (tertiary/aromatic N) is 1. The van der Waals surface area contributed by atoms with Crippen molar-refractivity contribution in [1.82, 2.24) is 10.2 Å². The van der Waals surface area contributed by atoms with Crippen LogP contribution in [-0.2, 0) is 13.1 Å². The normalized spacial score (nSPS) is 16.8. The van der Waals surface area contributed by atoms with Crippen LogP contribution >= 0.6 is 0 Å². The van der Waals surface area contributed by atoms with Crippen molar-refractivity contribution >= 4 is 0 Å². The minimum absolute atomic E-state index is 0.266. The van der Waals surface area contributed by atoms with E-state index in [-0.39, 0.29) is 6.61 Å². The third kappa shape index (κ3) is 3.55. The lowest BCUT2D eigenvalue weighted by atomic mass is 10.1. The Bertz CT molecular complexity index is 342. The van der Waals surface area contributed by atoms with Crippen molar-refractivity contribution < 1.29 is 5.11 Å². The maximum atomic E-state index is 9.12. The van der Waals surface area contributed by atoms with E-state index in [1.54, 1.807) is 0 Å². The van der Waals surface area contributed by atoms with E-state index in [4.69, 9.17) is 5.11 Å². The first kappa shape index (κ1) is 13.5. The summed E-state index contributed by atoms with van der Waals surface area (Å²) in [5.74, 6) is 0. The third-order valence-corrected chi connectivity index (χ3v) is 3.55. The Kier molecular flexibility index (Phi) is 5.17. The molecule has 2 N–H and O–H groups in total. The van der Waals surface area contributed by atoms with Gasteiger partial charge in [-0.15, -0.1) is 0 Å². The van der Waals surface area contributed by atoms with Gasteiger partial charge in [-0.05, 0) is 30.5 Å². The summed E-state index contributed by atoms with van der Waals surface area (Å²) in [6.45, 7) is 6.59. The van der Waals surface area contributed by atoms with Crippen molar-refractivity contribution in [1.29, 1.82) is 0 Å². The van der Waals surface area contributed by atoms with Crippen molar-refractivity contribution in [2.24, 2.45) is 0 Å². The van der Waals surface area contributed by atoms with Crippen LogP contribution in [0, 0.1) is 0 Å². The van der Waals surface area contributed by atoms with Crippen LogP contribution in [0.15, 0.2) is 24.3 Å². The van der Waals surface area contributed by atoms with Crippen LogP contribution in [0.4, 0.5) is 0 Å². The van der Waals surface area contributed by atoms with Crippen LogP contribution in [0.25, 0.3) is 0 Å². The second-order valence-electron chi connectivity index (χ2n) is 5.10. The van der Waals surface area contributed by atoms with Crippen LogP contribution in [0.5, 0.6) is 0 Å². The van der Waals surface area contributed by atoms with E-state index >= 15 is 0 Å². The highest BCUT2D eigenvalue weighted by molar-refractivity contribution is 5.30. The molecule has 0 aliphatic carbocycles. The minimum Gasteiger partial charge on any atom is -0.396 e. The van der Waals surface area contributed by atoms with Gasteiger partial charge < -0.3 is 10.4 Å². The number of aliphatic hydroxyl groups is 1. The molecule has 0 saturated heterocycles. The highest BCUT2D eigenvalue weighted by Gasteiger charge is 2.20. The Balaban J connectivity index is 1.86. The molecule has 0 bridgehead atoms. The summed E-state index contributed by atoms with van der Waals surface area (Å²) in [5.41, 5.74) is 2.91. The number of fused-ring (bicyclic) bond motifs is 1. The molecule has 1 aliphatic rings. The van der Waals surface area contributed by atoms with Gasteiger partial charge in [-0.2, -0.15) is 0 Å². The fourth-order valence-corrected chi connectivity index (χ4v) is 2.61. The Morgan fingerprint density at radius 3 is 2.50 bits per heavy atom. The van der Waals surface area contributed by atoms with Gasteiger partial charge in [-0.1, -0.05) is 31.2 Å². The van der Waals surface area contributed by atoms with Gasteiger partial charge in [0.05, 0.1) is 0 Å². The summed E-state index contributed by atoms with van der Waals surface area (Å²) in [5, 5.41) is 12.6. The first-order valence-corrected chi connectivity index (χ1v) is 6.97. The zero-order valence-electron chi connectivity index (χ0n) is 11.2. The van der Waals surface area contributed by atoms with E-state index in [1.165, 1.54) is 11.1 Å². The van der Waals surface area contributed by atoms with E-state index in [1.807, 2.05) is 0 Å². The smallest absolute Gasteiger partial charge is 0.0446 e. The number of benzene rings is 1. The maximum Gasteiger partial charge on any atom is 0.0446 e. The first-order valence-electron chi connectivity index (χ1n) is 6.97. The standard InChI is InChI=1S/C15H24N2O/c1-2-8-16-15(7-9-18)12-17-10-13-5-3-4-6-14(13)11-17/h3-6,15-16,18H,2,7-12H2,1H3. The maximum absolute atomic E-state index is 9.12. The molecule has 1 heterocycles. The summed E-state index contributed by atoms with van der Waals surface area (Å²) in [4.78, 5) is 2.47. The lowest BCUT2D eigenvalue weighted by molar-refractivity contribution is 0.209. The first-order chi connectivity index (χ1) is 8.83. The molecule has 100 valence electrons. The highest BCUT2D eigenvalue weighted by atomic mass is 16.3. The zero-order chi connectivity index (χ0) is 12.8. The molecule has 1 atom stereocenters. The van der Waals surface area contributed by atoms with Crippen molar-refractivity contribution in [3.8, 4) is 0 Å². The third-order valence-electron chi connectivity index (χ3n) is 3.55. The molecular weight excluding hydrogens is 224 g/mol. The largest absolute Gasteiger partial charge is 0.396 e. The Hall–Kier alpha value is -0.900. The van der Waals surface area contributed by atoms with E-state index in [0.717, 1.165) is 39.0 Å². The van der Waals surface area contributed by atoms with Crippen LogP contribution in [0.3, 0.4) is 0 Å². The lowest BCUT2D eigenvalue weighted by Crippen LogP contribution is -2.40. The second kappa shape index (κ2) is 6.88. The van der Waals surface area contributed by atoms with Crippen LogP contribution in [-0.4, -0.2) is 35.7 Å². The molecule has 0 fully saturated rings. The average molecular weight is 248 g/mol. The van der Waals surface area contributed by atoms with Gasteiger partial charge in [0.15, 0.2) is 0 Å². The molecule has 0 radical (unpaired) electrons. The fraction of sp³-hybridized carbons (Fsp3) is 0.600. The number of nitrogens with one attached hydrogen (secondary N) is 1. The minimum atomic E-state index is 0.266.